The number of benzene rings is 1. The number of aromatic nitrogens is 2. The van der Waals surface area contributed by atoms with E-state index in [1.807, 2.05) is 32.2 Å². The second kappa shape index (κ2) is 3.81. The Morgan fingerprint density at radius 3 is 2.33 bits per heavy atom. The number of hydrogen-bond acceptors (Lipinski definition) is 2. The Bertz CT molecular complexity index is 490. The molecule has 15 heavy (non-hydrogen) atoms. The molecule has 1 heterocycles. The molecule has 2 aromatic rings. The van der Waals surface area contributed by atoms with Crippen LogP contribution in [0.5, 0.6) is 0 Å². The first kappa shape index (κ1) is 9.84. The molecule has 0 radical (unpaired) electrons. The molecule has 0 saturated carbocycles. The Kier molecular flexibility index (Phi) is 2.50. The number of rotatable bonds is 1. The number of hydrogen-bond donors (Lipinski definition) is 0. The van der Waals surface area contributed by atoms with Crippen molar-refractivity contribution in [3.8, 4) is 11.3 Å². The second-order valence-corrected chi connectivity index (χ2v) is 3.74. The highest BCUT2D eigenvalue weighted by Gasteiger charge is 2.04. The van der Waals surface area contributed by atoms with Gasteiger partial charge in [0, 0.05) is 5.56 Å². The van der Waals surface area contributed by atoms with Crippen molar-refractivity contribution >= 4 is 0 Å². The van der Waals surface area contributed by atoms with Gasteiger partial charge in [-0.15, -0.1) is 0 Å². The van der Waals surface area contributed by atoms with E-state index in [0.717, 1.165) is 22.6 Å². The Hall–Kier alpha value is -1.70. The van der Waals surface area contributed by atoms with Crippen LogP contribution in [0.4, 0.5) is 0 Å². The molecule has 0 aliphatic carbocycles. The monoisotopic (exact) mass is 198 g/mol. The Balaban J connectivity index is 2.55. The van der Waals surface area contributed by atoms with E-state index < -0.39 is 0 Å². The van der Waals surface area contributed by atoms with E-state index in [9.17, 15) is 0 Å². The van der Waals surface area contributed by atoms with Gasteiger partial charge in [-0.1, -0.05) is 24.3 Å². The topological polar surface area (TPSA) is 25.8 Å². The third-order valence-electron chi connectivity index (χ3n) is 2.61. The molecule has 0 fully saturated rings. The lowest BCUT2D eigenvalue weighted by molar-refractivity contribution is 1.05. The summed E-state index contributed by atoms with van der Waals surface area (Å²) >= 11 is 0. The second-order valence-electron chi connectivity index (χ2n) is 3.74. The van der Waals surface area contributed by atoms with Gasteiger partial charge in [0.15, 0.2) is 0 Å². The normalized spacial score (nSPS) is 10.3. The molecular formula is C13H14N2. The SMILES string of the molecule is Cc1ccccc1-c1cnc(C)c(C)n1. The standard InChI is InChI=1S/C13H14N2/c1-9-6-4-5-7-12(9)13-8-14-10(2)11(3)15-13/h4-8H,1-3H3. The maximum Gasteiger partial charge on any atom is 0.0891 e. The lowest BCUT2D eigenvalue weighted by Crippen LogP contribution is -1.94. The van der Waals surface area contributed by atoms with Crippen LogP contribution in [0.1, 0.15) is 17.0 Å². The molecule has 1 aromatic heterocycles. The van der Waals surface area contributed by atoms with Crippen LogP contribution in [0.15, 0.2) is 30.5 Å². The molecule has 0 amide bonds. The summed E-state index contributed by atoms with van der Waals surface area (Å²) < 4.78 is 0. The van der Waals surface area contributed by atoms with Crippen LogP contribution in [-0.4, -0.2) is 9.97 Å². The molecule has 0 aliphatic rings. The highest BCUT2D eigenvalue weighted by Crippen LogP contribution is 2.20. The first-order valence-corrected chi connectivity index (χ1v) is 5.05. The van der Waals surface area contributed by atoms with Crippen molar-refractivity contribution in [2.75, 3.05) is 0 Å². The van der Waals surface area contributed by atoms with Gasteiger partial charge in [0.05, 0.1) is 23.3 Å². The molecule has 0 saturated heterocycles. The minimum absolute atomic E-state index is 0.955. The van der Waals surface area contributed by atoms with Crippen LogP contribution in [0, 0.1) is 20.8 Å². The molecule has 2 nitrogen and oxygen atoms in total. The van der Waals surface area contributed by atoms with Gasteiger partial charge in [0.25, 0.3) is 0 Å². The van der Waals surface area contributed by atoms with Crippen molar-refractivity contribution in [1.82, 2.24) is 9.97 Å². The van der Waals surface area contributed by atoms with E-state index in [4.69, 9.17) is 0 Å². The van der Waals surface area contributed by atoms with Crippen LogP contribution in [-0.2, 0) is 0 Å². The molecular weight excluding hydrogens is 184 g/mol. The lowest BCUT2D eigenvalue weighted by atomic mass is 10.1. The van der Waals surface area contributed by atoms with Gasteiger partial charge in [-0.25, -0.2) is 4.98 Å². The lowest BCUT2D eigenvalue weighted by Gasteiger charge is -2.06. The van der Waals surface area contributed by atoms with E-state index in [1.165, 1.54) is 5.56 Å². The minimum atomic E-state index is 0.955. The fraction of sp³-hybridized carbons (Fsp3) is 0.231. The minimum Gasteiger partial charge on any atom is -0.257 e. The van der Waals surface area contributed by atoms with Crippen molar-refractivity contribution in [2.24, 2.45) is 0 Å². The molecule has 2 rings (SSSR count). The summed E-state index contributed by atoms with van der Waals surface area (Å²) in [6, 6.07) is 8.23. The average Bonchev–Trinajstić information content (AvgIpc) is 2.23. The molecule has 0 N–H and O–H groups in total. The van der Waals surface area contributed by atoms with Gasteiger partial charge in [0.2, 0.25) is 0 Å². The first-order chi connectivity index (χ1) is 7.18. The Labute approximate surface area is 90.0 Å². The zero-order valence-corrected chi connectivity index (χ0v) is 9.28. The van der Waals surface area contributed by atoms with E-state index >= 15 is 0 Å². The summed E-state index contributed by atoms with van der Waals surface area (Å²) in [7, 11) is 0. The average molecular weight is 198 g/mol. The fourth-order valence-electron chi connectivity index (χ4n) is 1.53. The first-order valence-electron chi connectivity index (χ1n) is 5.05. The zero-order chi connectivity index (χ0) is 10.8. The van der Waals surface area contributed by atoms with E-state index in [0.29, 0.717) is 0 Å². The molecule has 0 aliphatic heterocycles. The summed E-state index contributed by atoms with van der Waals surface area (Å²) in [5.41, 5.74) is 5.34. The van der Waals surface area contributed by atoms with Gasteiger partial charge in [-0.3, -0.25) is 4.98 Å². The Morgan fingerprint density at radius 2 is 1.67 bits per heavy atom. The summed E-state index contributed by atoms with van der Waals surface area (Å²) in [4.78, 5) is 8.87. The zero-order valence-electron chi connectivity index (χ0n) is 9.28. The summed E-state index contributed by atoms with van der Waals surface area (Å²) in [5.74, 6) is 0. The smallest absolute Gasteiger partial charge is 0.0891 e. The molecule has 0 spiro atoms. The molecule has 76 valence electrons. The largest absolute Gasteiger partial charge is 0.257 e. The van der Waals surface area contributed by atoms with E-state index in [2.05, 4.69) is 29.0 Å². The van der Waals surface area contributed by atoms with Crippen molar-refractivity contribution < 1.29 is 0 Å². The number of nitrogens with zero attached hydrogens (tertiary/aromatic N) is 2. The summed E-state index contributed by atoms with van der Waals surface area (Å²) in [5, 5.41) is 0. The van der Waals surface area contributed by atoms with Crippen LogP contribution < -0.4 is 0 Å². The van der Waals surface area contributed by atoms with E-state index in [1.54, 1.807) is 0 Å². The van der Waals surface area contributed by atoms with Crippen LogP contribution in [0.25, 0.3) is 11.3 Å². The highest BCUT2D eigenvalue weighted by atomic mass is 14.8. The maximum absolute atomic E-state index is 4.54. The third kappa shape index (κ3) is 1.89. The van der Waals surface area contributed by atoms with Crippen molar-refractivity contribution in [3.05, 3.63) is 47.4 Å². The molecule has 0 atom stereocenters. The summed E-state index contributed by atoms with van der Waals surface area (Å²) in [6.45, 7) is 6.06. The van der Waals surface area contributed by atoms with Gasteiger partial charge < -0.3 is 0 Å². The molecule has 2 heteroatoms. The predicted molar refractivity (Wildman–Crippen MR) is 61.7 cm³/mol. The summed E-state index contributed by atoms with van der Waals surface area (Å²) in [6.07, 6.45) is 1.84. The van der Waals surface area contributed by atoms with Gasteiger partial charge in [-0.2, -0.15) is 0 Å². The van der Waals surface area contributed by atoms with Crippen LogP contribution >= 0.6 is 0 Å². The Morgan fingerprint density at radius 1 is 0.933 bits per heavy atom. The van der Waals surface area contributed by atoms with E-state index in [-0.39, 0.29) is 0 Å². The van der Waals surface area contributed by atoms with Crippen molar-refractivity contribution in [2.45, 2.75) is 20.8 Å². The van der Waals surface area contributed by atoms with Gasteiger partial charge >= 0.3 is 0 Å². The van der Waals surface area contributed by atoms with Gasteiger partial charge in [0.1, 0.15) is 0 Å². The van der Waals surface area contributed by atoms with Gasteiger partial charge in [-0.05, 0) is 26.3 Å². The quantitative estimate of drug-likeness (QED) is 0.703. The van der Waals surface area contributed by atoms with Crippen molar-refractivity contribution in [1.29, 1.82) is 0 Å². The molecule has 0 bridgehead atoms. The van der Waals surface area contributed by atoms with Crippen molar-refractivity contribution in [3.63, 3.8) is 0 Å². The number of aryl methyl sites for hydroxylation is 3. The third-order valence-corrected chi connectivity index (χ3v) is 2.61. The van der Waals surface area contributed by atoms with Crippen LogP contribution in [0.2, 0.25) is 0 Å². The predicted octanol–water partition coefficient (Wildman–Crippen LogP) is 3.07. The van der Waals surface area contributed by atoms with Crippen LogP contribution in [0.3, 0.4) is 0 Å². The highest BCUT2D eigenvalue weighted by molar-refractivity contribution is 5.62. The molecule has 0 unspecified atom stereocenters. The maximum atomic E-state index is 4.54. The fourth-order valence-corrected chi connectivity index (χ4v) is 1.53. The molecule has 1 aromatic carbocycles.